The van der Waals surface area contributed by atoms with Crippen molar-refractivity contribution in [3.63, 3.8) is 0 Å². The van der Waals surface area contributed by atoms with Gasteiger partial charge in [-0.1, -0.05) is 72.8 Å². The molecule has 0 aliphatic rings. The lowest BCUT2D eigenvalue weighted by atomic mass is 9.89. The third kappa shape index (κ3) is 2.88. The lowest BCUT2D eigenvalue weighted by molar-refractivity contribution is 0.161. The van der Waals surface area contributed by atoms with E-state index < -0.39 is 6.10 Å². The van der Waals surface area contributed by atoms with E-state index in [1.54, 1.807) is 0 Å². The zero-order chi connectivity index (χ0) is 12.8. The fraction of sp³-hybridized carbons (Fsp3) is 0.176. The van der Waals surface area contributed by atoms with Gasteiger partial charge in [-0.05, 0) is 18.1 Å². The van der Waals surface area contributed by atoms with Gasteiger partial charge in [-0.3, -0.25) is 0 Å². The molecule has 0 heterocycles. The van der Waals surface area contributed by atoms with Gasteiger partial charge >= 0.3 is 0 Å². The van der Waals surface area contributed by atoms with E-state index in [1.807, 2.05) is 67.6 Å². The molecular formula is C17H18O. The van der Waals surface area contributed by atoms with Gasteiger partial charge in [-0.15, -0.1) is 0 Å². The average Bonchev–Trinajstić information content (AvgIpc) is 2.46. The molecule has 0 radical (unpaired) electrons. The number of aliphatic hydroxyl groups is 1. The summed E-state index contributed by atoms with van der Waals surface area (Å²) in [6, 6.07) is 19.9. The Labute approximate surface area is 108 Å². The predicted octanol–water partition coefficient (Wildman–Crippen LogP) is 4.08. The Morgan fingerprint density at radius 2 is 1.33 bits per heavy atom. The third-order valence-electron chi connectivity index (χ3n) is 3.07. The van der Waals surface area contributed by atoms with Gasteiger partial charge in [0.1, 0.15) is 0 Å². The maximum absolute atomic E-state index is 10.5. The summed E-state index contributed by atoms with van der Waals surface area (Å²) >= 11 is 0. The number of benzene rings is 2. The van der Waals surface area contributed by atoms with Gasteiger partial charge < -0.3 is 5.11 Å². The monoisotopic (exact) mass is 238 g/mol. The molecule has 0 saturated carbocycles. The fourth-order valence-corrected chi connectivity index (χ4v) is 2.14. The molecule has 0 aromatic heterocycles. The maximum atomic E-state index is 10.5. The molecule has 0 aliphatic carbocycles. The largest absolute Gasteiger partial charge is 0.387 e. The molecule has 0 fully saturated rings. The first-order chi connectivity index (χ1) is 8.83. The first-order valence-corrected chi connectivity index (χ1v) is 6.23. The van der Waals surface area contributed by atoms with Crippen molar-refractivity contribution in [2.24, 2.45) is 0 Å². The summed E-state index contributed by atoms with van der Waals surface area (Å²) in [4.78, 5) is 0. The topological polar surface area (TPSA) is 20.2 Å². The first-order valence-electron chi connectivity index (χ1n) is 6.23. The van der Waals surface area contributed by atoms with Gasteiger partial charge in [-0.2, -0.15) is 0 Å². The number of hydrogen-bond donors (Lipinski definition) is 1. The summed E-state index contributed by atoms with van der Waals surface area (Å²) in [5.74, 6) is -0.00130. The van der Waals surface area contributed by atoms with Crippen LogP contribution in [-0.2, 0) is 0 Å². The Bertz CT molecular complexity index is 488. The zero-order valence-electron chi connectivity index (χ0n) is 10.5. The molecule has 92 valence electrons. The fourth-order valence-electron chi connectivity index (χ4n) is 2.14. The lowest BCUT2D eigenvalue weighted by Gasteiger charge is -2.20. The van der Waals surface area contributed by atoms with Crippen LogP contribution >= 0.6 is 0 Å². The second kappa shape index (κ2) is 6.18. The minimum Gasteiger partial charge on any atom is -0.387 e. The number of allylic oxidation sites excluding steroid dienone is 1. The van der Waals surface area contributed by atoms with Crippen LogP contribution in [0.2, 0.25) is 0 Å². The van der Waals surface area contributed by atoms with E-state index in [0.717, 1.165) is 11.1 Å². The van der Waals surface area contributed by atoms with Gasteiger partial charge in [0.2, 0.25) is 0 Å². The van der Waals surface area contributed by atoms with E-state index in [2.05, 4.69) is 12.1 Å². The SMILES string of the molecule is C/C=C\[C@@H](c1ccccc1)[C@@H](O)c1ccccc1. The van der Waals surface area contributed by atoms with Crippen LogP contribution in [0.1, 0.15) is 30.1 Å². The Morgan fingerprint density at radius 3 is 1.83 bits per heavy atom. The van der Waals surface area contributed by atoms with Gasteiger partial charge in [-0.25, -0.2) is 0 Å². The maximum Gasteiger partial charge on any atom is 0.0893 e. The van der Waals surface area contributed by atoms with E-state index in [4.69, 9.17) is 0 Å². The van der Waals surface area contributed by atoms with Crippen molar-refractivity contribution in [2.75, 3.05) is 0 Å². The smallest absolute Gasteiger partial charge is 0.0893 e. The summed E-state index contributed by atoms with van der Waals surface area (Å²) in [7, 11) is 0. The highest BCUT2D eigenvalue weighted by Gasteiger charge is 2.19. The normalized spacial score (nSPS) is 14.6. The molecule has 0 bridgehead atoms. The van der Waals surface area contributed by atoms with E-state index >= 15 is 0 Å². The molecule has 0 unspecified atom stereocenters. The Kier molecular flexibility index (Phi) is 4.32. The second-order valence-corrected chi connectivity index (χ2v) is 4.32. The minimum absolute atomic E-state index is 0.00130. The molecular weight excluding hydrogens is 220 g/mol. The summed E-state index contributed by atoms with van der Waals surface area (Å²) in [6.45, 7) is 1.98. The van der Waals surface area contributed by atoms with Gasteiger partial charge in [0.25, 0.3) is 0 Å². The van der Waals surface area contributed by atoms with Crippen LogP contribution in [0, 0.1) is 0 Å². The van der Waals surface area contributed by atoms with Crippen molar-refractivity contribution < 1.29 is 5.11 Å². The van der Waals surface area contributed by atoms with E-state index in [0.29, 0.717) is 0 Å². The number of hydrogen-bond acceptors (Lipinski definition) is 1. The molecule has 18 heavy (non-hydrogen) atoms. The molecule has 1 nitrogen and oxygen atoms in total. The highest BCUT2D eigenvalue weighted by atomic mass is 16.3. The summed E-state index contributed by atoms with van der Waals surface area (Å²) in [5.41, 5.74) is 2.08. The van der Waals surface area contributed by atoms with E-state index in [-0.39, 0.29) is 5.92 Å². The van der Waals surface area contributed by atoms with Crippen LogP contribution in [0.25, 0.3) is 0 Å². The van der Waals surface area contributed by atoms with Gasteiger partial charge in [0.05, 0.1) is 6.10 Å². The van der Waals surface area contributed by atoms with E-state index in [9.17, 15) is 5.11 Å². The predicted molar refractivity (Wildman–Crippen MR) is 75.4 cm³/mol. The number of rotatable bonds is 4. The van der Waals surface area contributed by atoms with E-state index in [1.165, 1.54) is 0 Å². The molecule has 0 saturated heterocycles. The Balaban J connectivity index is 2.32. The standard InChI is InChI=1S/C17H18O/c1-2-9-16(14-10-5-3-6-11-14)17(18)15-12-7-4-8-13-15/h2-13,16-18H,1H3/b9-2-/t16-,17-/m0/s1. The molecule has 2 rings (SSSR count). The van der Waals surface area contributed by atoms with Crippen molar-refractivity contribution in [2.45, 2.75) is 18.9 Å². The second-order valence-electron chi connectivity index (χ2n) is 4.32. The molecule has 2 aromatic rings. The lowest BCUT2D eigenvalue weighted by Crippen LogP contribution is -2.08. The molecule has 0 aliphatic heterocycles. The van der Waals surface area contributed by atoms with Crippen LogP contribution in [0.15, 0.2) is 72.8 Å². The van der Waals surface area contributed by atoms with Gasteiger partial charge in [0.15, 0.2) is 0 Å². The molecule has 1 heteroatoms. The van der Waals surface area contributed by atoms with Crippen LogP contribution in [0.5, 0.6) is 0 Å². The Morgan fingerprint density at radius 1 is 0.833 bits per heavy atom. The first kappa shape index (κ1) is 12.6. The quantitative estimate of drug-likeness (QED) is 0.796. The summed E-state index contributed by atoms with van der Waals surface area (Å²) < 4.78 is 0. The molecule has 0 spiro atoms. The van der Waals surface area contributed by atoms with Crippen molar-refractivity contribution in [1.29, 1.82) is 0 Å². The van der Waals surface area contributed by atoms with Crippen LogP contribution in [0.4, 0.5) is 0 Å². The minimum atomic E-state index is -0.509. The van der Waals surface area contributed by atoms with Crippen molar-refractivity contribution in [1.82, 2.24) is 0 Å². The van der Waals surface area contributed by atoms with Crippen LogP contribution in [-0.4, -0.2) is 5.11 Å². The Hall–Kier alpha value is -1.86. The zero-order valence-corrected chi connectivity index (χ0v) is 10.5. The van der Waals surface area contributed by atoms with Crippen molar-refractivity contribution >= 4 is 0 Å². The highest BCUT2D eigenvalue weighted by molar-refractivity contribution is 5.30. The molecule has 0 amide bonds. The van der Waals surface area contributed by atoms with Crippen molar-refractivity contribution in [3.8, 4) is 0 Å². The highest BCUT2D eigenvalue weighted by Crippen LogP contribution is 2.31. The summed E-state index contributed by atoms with van der Waals surface area (Å²) in [6.07, 6.45) is 3.53. The van der Waals surface area contributed by atoms with Crippen molar-refractivity contribution in [3.05, 3.63) is 83.9 Å². The van der Waals surface area contributed by atoms with Crippen LogP contribution < -0.4 is 0 Å². The third-order valence-corrected chi connectivity index (χ3v) is 3.07. The summed E-state index contributed by atoms with van der Waals surface area (Å²) in [5, 5.41) is 10.5. The number of aliphatic hydroxyl groups excluding tert-OH is 1. The van der Waals surface area contributed by atoms with Crippen LogP contribution in [0.3, 0.4) is 0 Å². The molecule has 1 N–H and O–H groups in total. The van der Waals surface area contributed by atoms with Gasteiger partial charge in [0, 0.05) is 5.92 Å². The average molecular weight is 238 g/mol. The molecule has 2 aromatic carbocycles. The molecule has 2 atom stereocenters.